The highest BCUT2D eigenvalue weighted by atomic mass is 32.2. The average molecular weight is 341 g/mol. The van der Waals surface area contributed by atoms with Crippen LogP contribution in [-0.2, 0) is 10.0 Å². The van der Waals surface area contributed by atoms with E-state index in [1.165, 1.54) is 0 Å². The van der Waals surface area contributed by atoms with E-state index in [9.17, 15) is 8.42 Å². The molecule has 0 fully saturated rings. The molecule has 0 aliphatic carbocycles. The molecule has 0 aliphatic rings. The first-order chi connectivity index (χ1) is 11.5. The van der Waals surface area contributed by atoms with Crippen molar-refractivity contribution < 1.29 is 13.2 Å². The predicted molar refractivity (Wildman–Crippen MR) is 97.1 cm³/mol. The monoisotopic (exact) mass is 341 g/mol. The van der Waals surface area contributed by atoms with Crippen LogP contribution in [0.15, 0.2) is 65.6 Å². The number of hydrogen-bond donors (Lipinski definition) is 1. The maximum atomic E-state index is 12.7. The molecule has 0 heterocycles. The van der Waals surface area contributed by atoms with Crippen molar-refractivity contribution in [2.24, 2.45) is 0 Å². The van der Waals surface area contributed by atoms with Gasteiger partial charge in [-0.25, -0.2) is 8.42 Å². The summed E-state index contributed by atoms with van der Waals surface area (Å²) in [5.74, 6) is 0.696. The molecule has 0 atom stereocenters. The number of fused-ring (bicyclic) bond motifs is 1. The average Bonchev–Trinajstić information content (AvgIpc) is 2.57. The van der Waals surface area contributed by atoms with E-state index in [-0.39, 0.29) is 4.90 Å². The van der Waals surface area contributed by atoms with Gasteiger partial charge in [0, 0.05) is 5.39 Å². The van der Waals surface area contributed by atoms with Crippen LogP contribution in [0.4, 0.5) is 5.69 Å². The lowest BCUT2D eigenvalue weighted by Crippen LogP contribution is -2.13. The first-order valence-corrected chi connectivity index (χ1v) is 9.23. The Labute approximate surface area is 142 Å². The van der Waals surface area contributed by atoms with E-state index >= 15 is 0 Å². The molecule has 0 saturated carbocycles. The van der Waals surface area contributed by atoms with E-state index in [0.717, 1.165) is 16.3 Å². The lowest BCUT2D eigenvalue weighted by atomic mass is 10.1. The summed E-state index contributed by atoms with van der Waals surface area (Å²) in [6, 6.07) is 18.1. The summed E-state index contributed by atoms with van der Waals surface area (Å²) in [7, 11) is -3.66. The van der Waals surface area contributed by atoms with Gasteiger partial charge in [-0.3, -0.25) is 4.72 Å². The number of benzene rings is 3. The second-order valence-electron chi connectivity index (χ2n) is 5.49. The number of hydrogen-bond acceptors (Lipinski definition) is 3. The Kier molecular flexibility index (Phi) is 4.44. The van der Waals surface area contributed by atoms with Crippen molar-refractivity contribution in [1.82, 2.24) is 0 Å². The number of nitrogens with one attached hydrogen (secondary N) is 1. The molecule has 0 amide bonds. The molecular formula is C19H19NO3S. The molecule has 1 N–H and O–H groups in total. The quantitative estimate of drug-likeness (QED) is 0.751. The van der Waals surface area contributed by atoms with E-state index in [2.05, 4.69) is 4.72 Å². The Hall–Kier alpha value is -2.53. The summed E-state index contributed by atoms with van der Waals surface area (Å²) in [5.41, 5.74) is 1.36. The topological polar surface area (TPSA) is 55.4 Å². The highest BCUT2D eigenvalue weighted by Crippen LogP contribution is 2.27. The van der Waals surface area contributed by atoms with Crippen molar-refractivity contribution in [1.29, 1.82) is 0 Å². The van der Waals surface area contributed by atoms with Crippen LogP contribution >= 0.6 is 0 Å². The molecule has 3 rings (SSSR count). The van der Waals surface area contributed by atoms with Crippen molar-refractivity contribution in [2.45, 2.75) is 18.7 Å². The van der Waals surface area contributed by atoms with Crippen LogP contribution in [0.25, 0.3) is 10.8 Å². The highest BCUT2D eigenvalue weighted by molar-refractivity contribution is 7.92. The molecule has 0 saturated heterocycles. The summed E-state index contributed by atoms with van der Waals surface area (Å²) in [5, 5.41) is 1.85. The van der Waals surface area contributed by atoms with Crippen LogP contribution in [0, 0.1) is 6.92 Å². The van der Waals surface area contributed by atoms with Crippen LogP contribution in [0.3, 0.4) is 0 Å². The molecule has 3 aromatic rings. The first-order valence-electron chi connectivity index (χ1n) is 7.75. The third kappa shape index (κ3) is 3.21. The molecule has 0 radical (unpaired) electrons. The fraction of sp³-hybridized carbons (Fsp3) is 0.158. The maximum Gasteiger partial charge on any atom is 0.261 e. The van der Waals surface area contributed by atoms with Crippen molar-refractivity contribution in [3.8, 4) is 5.75 Å². The summed E-state index contributed by atoms with van der Waals surface area (Å²) in [6.45, 7) is 4.27. The van der Waals surface area contributed by atoms with Gasteiger partial charge in [0.05, 0.1) is 17.2 Å². The van der Waals surface area contributed by atoms with E-state index < -0.39 is 10.0 Å². The van der Waals surface area contributed by atoms with Gasteiger partial charge in [-0.2, -0.15) is 0 Å². The van der Waals surface area contributed by atoms with Gasteiger partial charge in [-0.15, -0.1) is 0 Å². The summed E-state index contributed by atoms with van der Waals surface area (Å²) in [4.78, 5) is 0.219. The third-order valence-electron chi connectivity index (χ3n) is 3.79. The van der Waals surface area contributed by atoms with Gasteiger partial charge in [0.1, 0.15) is 5.75 Å². The van der Waals surface area contributed by atoms with E-state index in [1.54, 1.807) is 24.3 Å². The van der Waals surface area contributed by atoms with Gasteiger partial charge < -0.3 is 4.74 Å². The molecular weight excluding hydrogens is 322 g/mol. The van der Waals surface area contributed by atoms with Crippen LogP contribution in [0.5, 0.6) is 5.75 Å². The van der Waals surface area contributed by atoms with Crippen molar-refractivity contribution in [2.75, 3.05) is 11.3 Å². The Morgan fingerprint density at radius 2 is 1.75 bits per heavy atom. The highest BCUT2D eigenvalue weighted by Gasteiger charge is 2.16. The second kappa shape index (κ2) is 6.53. The lowest BCUT2D eigenvalue weighted by Gasteiger charge is -2.13. The molecule has 24 heavy (non-hydrogen) atoms. The number of rotatable bonds is 5. The zero-order valence-electron chi connectivity index (χ0n) is 13.6. The van der Waals surface area contributed by atoms with Crippen molar-refractivity contribution >= 4 is 26.5 Å². The Bertz CT molecular complexity index is 976. The van der Waals surface area contributed by atoms with Gasteiger partial charge in [-0.1, -0.05) is 36.4 Å². The second-order valence-corrected chi connectivity index (χ2v) is 7.17. The van der Waals surface area contributed by atoms with Gasteiger partial charge in [0.25, 0.3) is 10.0 Å². The van der Waals surface area contributed by atoms with E-state index in [4.69, 9.17) is 4.74 Å². The third-order valence-corrected chi connectivity index (χ3v) is 5.15. The zero-order valence-corrected chi connectivity index (χ0v) is 14.4. The number of aryl methyl sites for hydroxylation is 1. The summed E-state index contributed by atoms with van der Waals surface area (Å²) >= 11 is 0. The molecule has 0 unspecified atom stereocenters. The predicted octanol–water partition coefficient (Wildman–Crippen LogP) is 4.35. The molecule has 0 aliphatic heterocycles. The molecule has 0 aromatic heterocycles. The molecule has 5 heteroatoms. The van der Waals surface area contributed by atoms with Gasteiger partial charge >= 0.3 is 0 Å². The molecule has 0 bridgehead atoms. The minimum Gasteiger partial charge on any atom is -0.494 e. The standard InChI is InChI=1S/C19H19NO3S/c1-3-23-19-12-11-16(13-14(19)2)24(21,22)20-18-10-6-8-15-7-4-5-9-17(15)18/h4-13,20H,3H2,1-2H3. The first kappa shape index (κ1) is 16.3. The van der Waals surface area contributed by atoms with E-state index in [1.807, 2.05) is 50.2 Å². The fourth-order valence-corrected chi connectivity index (χ4v) is 3.79. The number of ether oxygens (including phenoxy) is 1. The lowest BCUT2D eigenvalue weighted by molar-refractivity contribution is 0.337. The van der Waals surface area contributed by atoms with E-state index in [0.29, 0.717) is 18.0 Å². The van der Waals surface area contributed by atoms with Crippen LogP contribution in [0.2, 0.25) is 0 Å². The normalized spacial score (nSPS) is 11.4. The molecule has 4 nitrogen and oxygen atoms in total. The fourth-order valence-electron chi connectivity index (χ4n) is 2.62. The maximum absolute atomic E-state index is 12.7. The largest absolute Gasteiger partial charge is 0.494 e. The smallest absolute Gasteiger partial charge is 0.261 e. The zero-order chi connectivity index (χ0) is 17.2. The SMILES string of the molecule is CCOc1ccc(S(=O)(=O)Nc2cccc3ccccc23)cc1C. The van der Waals surface area contributed by atoms with Gasteiger partial charge in [-0.05, 0) is 49.1 Å². The molecule has 3 aromatic carbocycles. The molecule has 124 valence electrons. The number of sulfonamides is 1. The Morgan fingerprint density at radius 3 is 2.50 bits per heavy atom. The molecule has 0 spiro atoms. The van der Waals surface area contributed by atoms with Gasteiger partial charge in [0.2, 0.25) is 0 Å². The van der Waals surface area contributed by atoms with Crippen LogP contribution < -0.4 is 9.46 Å². The van der Waals surface area contributed by atoms with Crippen molar-refractivity contribution in [3.63, 3.8) is 0 Å². The number of anilines is 1. The minimum atomic E-state index is -3.66. The Morgan fingerprint density at radius 1 is 1.00 bits per heavy atom. The van der Waals surface area contributed by atoms with Crippen LogP contribution in [0.1, 0.15) is 12.5 Å². The van der Waals surface area contributed by atoms with Crippen molar-refractivity contribution in [3.05, 3.63) is 66.2 Å². The summed E-state index contributed by atoms with van der Waals surface area (Å²) < 4.78 is 33.6. The van der Waals surface area contributed by atoms with Gasteiger partial charge in [0.15, 0.2) is 0 Å². The summed E-state index contributed by atoms with van der Waals surface area (Å²) in [6.07, 6.45) is 0. The van der Waals surface area contributed by atoms with Crippen LogP contribution in [-0.4, -0.2) is 15.0 Å². The Balaban J connectivity index is 1.98. The minimum absolute atomic E-state index is 0.219.